The van der Waals surface area contributed by atoms with Crippen LogP contribution >= 0.6 is 0 Å². The molecule has 0 aliphatic heterocycles. The van der Waals surface area contributed by atoms with Gasteiger partial charge in [-0.25, -0.2) is 58.5 Å². The van der Waals surface area contributed by atoms with Crippen molar-refractivity contribution in [3.05, 3.63) is 282 Å². The summed E-state index contributed by atoms with van der Waals surface area (Å²) in [7, 11) is 5.44. The predicted octanol–water partition coefficient (Wildman–Crippen LogP) is 13.3. The van der Waals surface area contributed by atoms with Crippen molar-refractivity contribution < 1.29 is 164 Å². The van der Waals surface area contributed by atoms with Gasteiger partial charge in [0.05, 0.1) is 0 Å². The van der Waals surface area contributed by atoms with Crippen molar-refractivity contribution in [2.45, 2.75) is 27.7 Å². The van der Waals surface area contributed by atoms with E-state index in [1.54, 1.807) is 118 Å². The van der Waals surface area contributed by atoms with Gasteiger partial charge in [0, 0.05) is 170 Å². The first kappa shape index (κ1) is 89.2. The Hall–Kier alpha value is -8.85. The summed E-state index contributed by atoms with van der Waals surface area (Å²) in [6.45, 7) is 7.39. The number of rotatable bonds is 8. The second kappa shape index (κ2) is 44.3. The van der Waals surface area contributed by atoms with Gasteiger partial charge < -0.3 is 40.0 Å². The summed E-state index contributed by atoms with van der Waals surface area (Å²) in [5.74, 6) is -10.9. The number of pyridine rings is 11. The molecule has 12 rings (SSSR count). The number of anilines is 1. The Morgan fingerprint density at radius 1 is 0.380 bits per heavy atom. The number of nitrogens with zero attached hydrogens (tertiary/aromatic N) is 14. The van der Waals surface area contributed by atoms with E-state index in [1.807, 2.05) is 39.8 Å². The third kappa shape index (κ3) is 28.4. The van der Waals surface area contributed by atoms with Crippen LogP contribution in [-0.4, -0.2) is 101 Å². The second-order valence-corrected chi connectivity index (χ2v) is 19.2. The van der Waals surface area contributed by atoms with Crippen molar-refractivity contribution in [2.24, 2.45) is 7.05 Å². The summed E-state index contributed by atoms with van der Waals surface area (Å²) >= 11 is 0. The van der Waals surface area contributed by atoms with Crippen LogP contribution in [-0.2, 0) is 108 Å². The minimum Gasteiger partial charge on any atom is -0.477 e. The van der Waals surface area contributed by atoms with Crippen LogP contribution in [0.5, 0.6) is 0 Å². The number of hydrogen-bond donors (Lipinski definition) is 2. The molecule has 0 aromatic carbocycles. The zero-order valence-corrected chi connectivity index (χ0v) is 64.4. The first-order valence-corrected chi connectivity index (χ1v) is 27.2. The number of halogens is 10. The Bertz CT molecular complexity index is 4330. The van der Waals surface area contributed by atoms with Gasteiger partial charge in [-0.3, -0.25) is 29.6 Å². The van der Waals surface area contributed by atoms with Crippen molar-refractivity contribution >= 4 is 17.6 Å². The molecule has 18 nitrogen and oxygen atoms in total. The van der Waals surface area contributed by atoms with Crippen LogP contribution in [0.2, 0.25) is 0 Å². The smallest absolute Gasteiger partial charge is 0.356 e. The molecule has 12 aromatic heterocycles. The summed E-state index contributed by atoms with van der Waals surface area (Å²) in [5, 5.41) is 20.5. The molecule has 0 spiro atoms. The number of aromatic carboxylic acids is 2. The zero-order valence-electron chi connectivity index (χ0n) is 52.4. The summed E-state index contributed by atoms with van der Waals surface area (Å²) in [5.41, 5.74) is 7.08. The fraction of sp³-hybridized carbons (Fsp3) is 0.104. The molecule has 12 heterocycles. The van der Waals surface area contributed by atoms with Gasteiger partial charge in [-0.1, -0.05) is 117 Å². The molecule has 0 unspecified atom stereocenters. The van der Waals surface area contributed by atoms with Crippen LogP contribution in [0.1, 0.15) is 43.4 Å². The molecule has 5 radical (unpaired) electrons. The van der Waals surface area contributed by atoms with Crippen LogP contribution in [0, 0.1) is 118 Å². The van der Waals surface area contributed by atoms with E-state index in [0.717, 1.165) is 58.4 Å². The maximum absolute atomic E-state index is 13.4. The van der Waals surface area contributed by atoms with Crippen LogP contribution in [0.4, 0.5) is 49.6 Å². The van der Waals surface area contributed by atoms with Crippen LogP contribution in [0.25, 0.3) is 56.3 Å². The van der Waals surface area contributed by atoms with Crippen molar-refractivity contribution in [1.82, 2.24) is 64.6 Å². The number of carboxylic acids is 2. The van der Waals surface area contributed by atoms with E-state index in [0.29, 0.717) is 28.5 Å². The van der Waals surface area contributed by atoms with E-state index < -0.39 is 71.4 Å². The molecule has 12 aromatic rings. The average Bonchev–Trinajstić information content (AvgIpc) is 0.971. The minimum atomic E-state index is -0.990. The predicted molar refractivity (Wildman–Crippen MR) is 326 cm³/mol. The van der Waals surface area contributed by atoms with E-state index in [9.17, 15) is 53.5 Å². The van der Waals surface area contributed by atoms with Gasteiger partial charge in [-0.2, -0.15) is 5.10 Å². The van der Waals surface area contributed by atoms with Crippen LogP contribution < -0.4 is 4.90 Å². The molecule has 0 fully saturated rings. The summed E-state index contributed by atoms with van der Waals surface area (Å²) < 4.78 is 131. The Morgan fingerprint density at radius 3 is 0.920 bits per heavy atom. The first-order valence-electron chi connectivity index (χ1n) is 27.2. The van der Waals surface area contributed by atoms with Gasteiger partial charge >= 0.3 is 11.9 Å². The SMILES string of the molecule is CN(C)c1ccnc(-c2[c-]cc(F)nc2F)c1.Cc1cc(C(=O)O)nn1C.Cc1ccnc(-c2[c-]cc(F)nc2F)c1.Cc1ccnc(-c2[c-]cc(F)nc2F)c1.Cc1ccnc(-c2[c-]cc(F)nc2F)c1.Fc1c[c-]c(-c2ccccn2)c(F)n1.O=C(O)c1ccccn1.[Ir].[Ir].[Ir].[Ir].[Ir]. The zero-order chi connectivity index (χ0) is 69.3. The van der Waals surface area contributed by atoms with E-state index in [2.05, 4.69) is 90.3 Å². The number of carboxylic acid groups (broad SMARTS) is 2. The minimum absolute atomic E-state index is 0. The van der Waals surface area contributed by atoms with Gasteiger partial charge in [0.2, 0.25) is 0 Å². The van der Waals surface area contributed by atoms with E-state index in [1.165, 1.54) is 29.2 Å². The maximum Gasteiger partial charge on any atom is 0.356 e. The van der Waals surface area contributed by atoms with E-state index in [-0.39, 0.29) is 140 Å². The number of aromatic nitrogens is 13. The molecule has 0 bridgehead atoms. The Balaban J connectivity index is 0.000000583. The topological polar surface area (TPSA) is 237 Å². The number of hydrogen-bond acceptors (Lipinski definition) is 15. The monoisotopic (exact) mass is 2270 g/mol. The van der Waals surface area contributed by atoms with Crippen molar-refractivity contribution in [3.63, 3.8) is 0 Å². The molecule has 0 saturated heterocycles. The molecule has 33 heteroatoms. The molecule has 0 atom stereocenters. The average molecular weight is 2270 g/mol. The Kier molecular flexibility index (Phi) is 39.5. The normalized spacial score (nSPS) is 9.61. The van der Waals surface area contributed by atoms with Gasteiger partial charge in [-0.15, -0.1) is 30.3 Å². The quantitative estimate of drug-likeness (QED) is 0.0817. The molecular weight excluding hydrogens is 2220 g/mol. The fourth-order valence-corrected chi connectivity index (χ4v) is 7.28. The third-order valence-electron chi connectivity index (χ3n) is 11.9. The second-order valence-electron chi connectivity index (χ2n) is 19.2. The molecule has 0 aliphatic rings. The van der Waals surface area contributed by atoms with E-state index >= 15 is 0 Å². The fourth-order valence-electron chi connectivity index (χ4n) is 7.28. The molecular formula is C67H49F10Ir5N14O4-5. The maximum atomic E-state index is 13.4. The van der Waals surface area contributed by atoms with Gasteiger partial charge in [0.1, 0.15) is 65.2 Å². The van der Waals surface area contributed by atoms with Gasteiger partial charge in [-0.05, 0) is 105 Å². The van der Waals surface area contributed by atoms with Gasteiger partial charge in [0.15, 0.2) is 5.69 Å². The molecule has 531 valence electrons. The van der Waals surface area contributed by atoms with Crippen molar-refractivity contribution in [1.29, 1.82) is 0 Å². The first-order chi connectivity index (χ1) is 45.3. The molecule has 0 aliphatic carbocycles. The van der Waals surface area contributed by atoms with Crippen LogP contribution in [0.15, 0.2) is 159 Å². The number of carbonyl (C=O) groups is 2. The van der Waals surface area contributed by atoms with Crippen molar-refractivity contribution in [2.75, 3.05) is 19.0 Å². The molecule has 100 heavy (non-hydrogen) atoms. The Labute approximate surface area is 633 Å². The van der Waals surface area contributed by atoms with Crippen molar-refractivity contribution in [3.8, 4) is 56.3 Å². The third-order valence-corrected chi connectivity index (χ3v) is 11.9. The summed E-state index contributed by atoms with van der Waals surface area (Å²) in [6, 6.07) is 42.5. The molecule has 0 amide bonds. The number of aryl methyl sites for hydroxylation is 5. The summed E-state index contributed by atoms with van der Waals surface area (Å²) in [4.78, 5) is 61.1. The largest absolute Gasteiger partial charge is 0.477 e. The molecule has 0 saturated carbocycles. The standard InChI is InChI=1S/C12H10F2N3.3C11H7F2N2.C10H5F2N2.C6H8N2O2.C6H5NO2.5Ir/c1-17(2)8-5-6-15-10(7-8)9-3-4-11(13)16-12(9)14;3*1-7-4-5-14-9(6-7)8-2-3-10(12)15-11(8)13;11-9-5-4-7(10(12)14-9)8-3-1-2-6-13-8;1-4-3-5(6(9)10)7-8(4)2;8-6(9)5-3-1-2-4-7-5;;;;;/h4-7H,1-2H3;3*3-6H,1H3;1-3,5-6H;3H,1-2H3,(H,9,10);1-4H,(H,8,9);;;;;/q5*-1;;;;;;;. The Morgan fingerprint density at radius 2 is 0.680 bits per heavy atom. The van der Waals surface area contributed by atoms with Crippen LogP contribution in [0.3, 0.4) is 0 Å². The molecule has 2 N–H and O–H groups in total. The van der Waals surface area contributed by atoms with Gasteiger partial charge in [0.25, 0.3) is 0 Å². The summed E-state index contributed by atoms with van der Waals surface area (Å²) in [6.07, 6.45) is 9.20. The van der Waals surface area contributed by atoms with E-state index in [4.69, 9.17) is 10.2 Å².